The first-order valence-electron chi connectivity index (χ1n) is 22.2. The fourth-order valence-electron chi connectivity index (χ4n) is 8.50. The van der Waals surface area contributed by atoms with Crippen molar-refractivity contribution in [3.8, 4) is 66.8 Å². The number of benzene rings is 7. The van der Waals surface area contributed by atoms with Crippen molar-refractivity contribution in [3.63, 3.8) is 0 Å². The number of alkyl halides is 26. The number of rotatable bonds is 16. The zero-order valence-electron chi connectivity index (χ0n) is 39.0. The Morgan fingerprint density at radius 3 is 0.500 bits per heavy atom. The summed E-state index contributed by atoms with van der Waals surface area (Å²) in [6.45, 7) is 0. The molecule has 0 aliphatic carbocycles. The smallest absolute Gasteiger partial charge is 0.194 e. The molecule has 0 saturated carbocycles. The van der Waals surface area contributed by atoms with Crippen LogP contribution in [0.1, 0.15) is 11.1 Å². The number of hydrogen-bond acceptors (Lipinski definition) is 0. The van der Waals surface area contributed by atoms with E-state index in [-0.39, 0.29) is 68.8 Å². The molecule has 7 aromatic carbocycles. The van der Waals surface area contributed by atoms with E-state index in [2.05, 4.69) is 0 Å². The first-order valence-corrected chi connectivity index (χ1v) is 22.2. The molecule has 0 heterocycles. The van der Waals surface area contributed by atoms with E-state index in [1.165, 1.54) is 121 Å². The van der Waals surface area contributed by atoms with Crippen LogP contribution < -0.4 is 0 Å². The molecule has 7 aromatic rings. The van der Waals surface area contributed by atoms with E-state index in [4.69, 9.17) is 0 Å². The predicted octanol–water partition coefficient (Wildman–Crippen LogP) is 20.1. The van der Waals surface area contributed by atoms with Gasteiger partial charge in [0.05, 0.1) is 0 Å². The molecular formula is C54H28F26. The van der Waals surface area contributed by atoms with Crippen LogP contribution in [0.15, 0.2) is 170 Å². The minimum atomic E-state index is -8.27. The Balaban J connectivity index is 1.60. The third-order valence-electron chi connectivity index (χ3n) is 12.7. The van der Waals surface area contributed by atoms with Crippen LogP contribution in [0.5, 0.6) is 0 Å². The van der Waals surface area contributed by atoms with Crippen molar-refractivity contribution in [2.24, 2.45) is 0 Å². The van der Waals surface area contributed by atoms with Gasteiger partial charge in [-0.15, -0.1) is 0 Å². The molecule has 26 heteroatoms. The van der Waals surface area contributed by atoms with Gasteiger partial charge in [-0.3, -0.25) is 0 Å². The molecule has 0 radical (unpaired) electrons. The summed E-state index contributed by atoms with van der Waals surface area (Å²) < 4.78 is 373. The lowest BCUT2D eigenvalue weighted by Gasteiger charge is -2.39. The van der Waals surface area contributed by atoms with Gasteiger partial charge in [0, 0.05) is 11.1 Å². The second-order valence-corrected chi connectivity index (χ2v) is 17.6. The van der Waals surface area contributed by atoms with Gasteiger partial charge in [-0.05, 0) is 66.8 Å². The van der Waals surface area contributed by atoms with Crippen LogP contribution in [-0.2, 0) is 11.8 Å². The summed E-state index contributed by atoms with van der Waals surface area (Å²) in [5.41, 5.74) is -6.36. The molecule has 0 bridgehead atoms. The van der Waals surface area contributed by atoms with Gasteiger partial charge in [0.1, 0.15) is 0 Å². The molecule has 426 valence electrons. The molecule has 0 spiro atoms. The molecule has 0 saturated heterocycles. The average molecular weight is 1170 g/mol. The van der Waals surface area contributed by atoms with Gasteiger partial charge >= 0.3 is 71.6 Å². The molecule has 7 rings (SSSR count). The van der Waals surface area contributed by atoms with Gasteiger partial charge in [-0.2, -0.15) is 114 Å². The van der Waals surface area contributed by atoms with Crippen LogP contribution in [0.4, 0.5) is 114 Å². The van der Waals surface area contributed by atoms with Crippen LogP contribution in [-0.4, -0.2) is 59.7 Å². The largest absolute Gasteiger partial charge is 0.460 e. The summed E-state index contributed by atoms with van der Waals surface area (Å²) >= 11 is 0. The average Bonchev–Trinajstić information content (AvgIpc) is 3.41. The summed E-state index contributed by atoms with van der Waals surface area (Å²) in [7, 11) is 0. The van der Waals surface area contributed by atoms with E-state index in [9.17, 15) is 79.0 Å². The van der Waals surface area contributed by atoms with Crippen molar-refractivity contribution in [1.29, 1.82) is 0 Å². The van der Waals surface area contributed by atoms with Crippen LogP contribution in [0.2, 0.25) is 0 Å². The van der Waals surface area contributed by atoms with Crippen LogP contribution in [0.25, 0.3) is 66.8 Å². The maximum absolute atomic E-state index is 15.8. The van der Waals surface area contributed by atoms with Crippen molar-refractivity contribution in [2.45, 2.75) is 71.6 Å². The van der Waals surface area contributed by atoms with E-state index in [0.29, 0.717) is 24.3 Å². The lowest BCUT2D eigenvalue weighted by atomic mass is 9.74. The Hall–Kier alpha value is -7.28. The van der Waals surface area contributed by atoms with E-state index < -0.39 is 105 Å². The standard InChI is InChI=1S/C54H28F26/c55-43(56,45(59,60)47(63,64)49(67,68)51(71,72)53(75,76)77)35-25-21-33(22-26-35)41-39(31-17-9-3-10-18-31)37(29-13-5-1-6-14-29)38(30-15-7-2-8-16-30)40(32-19-11-4-12-20-32)42(41)34-23-27-36(28-24-34)44(57,58)46(61,62)48(65,66)50(69,70)52(73,74)54(78,79)80/h1-28H. The van der Waals surface area contributed by atoms with Crippen LogP contribution >= 0.6 is 0 Å². The topological polar surface area (TPSA) is 0 Å². The molecule has 0 N–H and O–H groups in total. The van der Waals surface area contributed by atoms with E-state index in [1.807, 2.05) is 0 Å². The summed E-state index contributed by atoms with van der Waals surface area (Å²) in [5.74, 6) is -78.3. The fraction of sp³-hybridized carbons (Fsp3) is 0.222. The van der Waals surface area contributed by atoms with Crippen molar-refractivity contribution < 1.29 is 114 Å². The highest BCUT2D eigenvalue weighted by Crippen LogP contribution is 2.65. The maximum atomic E-state index is 15.8. The molecule has 80 heavy (non-hydrogen) atoms. The maximum Gasteiger partial charge on any atom is 0.460 e. The third kappa shape index (κ3) is 9.07. The Kier molecular flexibility index (Phi) is 14.9. The molecule has 0 atom stereocenters. The highest BCUT2D eigenvalue weighted by atomic mass is 19.4. The summed E-state index contributed by atoms with van der Waals surface area (Å²) in [6, 6.07) is 29.7. The molecule has 0 unspecified atom stereocenters. The van der Waals surface area contributed by atoms with Gasteiger partial charge < -0.3 is 0 Å². The van der Waals surface area contributed by atoms with Gasteiger partial charge in [0.25, 0.3) is 0 Å². The molecule has 0 fully saturated rings. The lowest BCUT2D eigenvalue weighted by molar-refractivity contribution is -0.441. The SMILES string of the molecule is FC(F)(F)C(F)(F)C(F)(F)C(F)(F)C(F)(F)C(F)(F)c1ccc(-c2c(-c3ccccc3)c(-c3ccccc3)c(-c3ccccc3)c(-c3ccccc3)c2-c2ccc(C(F)(F)C(F)(F)C(F)(F)C(F)(F)C(F)(F)C(F)(F)F)cc2)cc1. The highest BCUT2D eigenvalue weighted by molar-refractivity contribution is 6.15. The first-order chi connectivity index (χ1) is 36.6. The first kappa shape index (κ1) is 60.4. The van der Waals surface area contributed by atoms with Crippen molar-refractivity contribution in [3.05, 3.63) is 181 Å². The fourth-order valence-corrected chi connectivity index (χ4v) is 8.50. The van der Waals surface area contributed by atoms with Crippen LogP contribution in [0.3, 0.4) is 0 Å². The lowest BCUT2D eigenvalue weighted by Crippen LogP contribution is -2.69. The monoisotopic (exact) mass is 1170 g/mol. The Labute approximate surface area is 432 Å². The van der Waals surface area contributed by atoms with Crippen molar-refractivity contribution >= 4 is 0 Å². The Morgan fingerprint density at radius 2 is 0.325 bits per heavy atom. The van der Waals surface area contributed by atoms with Gasteiger partial charge in [0.15, 0.2) is 0 Å². The number of hydrogen-bond donors (Lipinski definition) is 0. The quantitative estimate of drug-likeness (QED) is 0.0846. The minimum Gasteiger partial charge on any atom is -0.194 e. The molecule has 0 amide bonds. The molecule has 0 aliphatic rings. The third-order valence-corrected chi connectivity index (χ3v) is 12.7. The molecular weight excluding hydrogens is 1140 g/mol. The Bertz CT molecular complexity index is 3090. The predicted molar refractivity (Wildman–Crippen MR) is 239 cm³/mol. The second kappa shape index (κ2) is 19.8. The highest BCUT2D eigenvalue weighted by Gasteiger charge is 2.92. The van der Waals surface area contributed by atoms with Gasteiger partial charge in [-0.1, -0.05) is 170 Å². The van der Waals surface area contributed by atoms with E-state index in [0.717, 1.165) is 0 Å². The number of halogens is 26. The Morgan fingerprint density at radius 1 is 0.163 bits per heavy atom. The van der Waals surface area contributed by atoms with Gasteiger partial charge in [0.2, 0.25) is 0 Å². The van der Waals surface area contributed by atoms with E-state index >= 15 is 35.1 Å². The van der Waals surface area contributed by atoms with Crippen molar-refractivity contribution in [2.75, 3.05) is 0 Å². The molecule has 0 aromatic heterocycles. The summed E-state index contributed by atoms with van der Waals surface area (Å²) in [5, 5.41) is 0. The zero-order chi connectivity index (χ0) is 59.9. The van der Waals surface area contributed by atoms with Gasteiger partial charge in [-0.25, -0.2) is 0 Å². The van der Waals surface area contributed by atoms with E-state index in [1.54, 1.807) is 0 Å². The summed E-state index contributed by atoms with van der Waals surface area (Å²) in [6.07, 6.45) is -15.4. The summed E-state index contributed by atoms with van der Waals surface area (Å²) in [4.78, 5) is 0. The van der Waals surface area contributed by atoms with Crippen LogP contribution in [0, 0.1) is 0 Å². The second-order valence-electron chi connectivity index (χ2n) is 17.6. The minimum absolute atomic E-state index is 0.0643. The zero-order valence-corrected chi connectivity index (χ0v) is 39.0. The molecule has 0 aliphatic heterocycles. The normalized spacial score (nSPS) is 14.1. The van der Waals surface area contributed by atoms with Crippen molar-refractivity contribution in [1.82, 2.24) is 0 Å². The molecule has 0 nitrogen and oxygen atoms in total.